The van der Waals surface area contributed by atoms with Crippen LogP contribution in [0, 0.1) is 12.8 Å². The molecule has 0 radical (unpaired) electrons. The van der Waals surface area contributed by atoms with Crippen molar-refractivity contribution >= 4 is 15.9 Å². The third kappa shape index (κ3) is 6.27. The van der Waals surface area contributed by atoms with Gasteiger partial charge in [0.2, 0.25) is 15.9 Å². The first-order valence-electron chi connectivity index (χ1n) is 6.96. The summed E-state index contributed by atoms with van der Waals surface area (Å²) in [6.45, 7) is 6.43. The summed E-state index contributed by atoms with van der Waals surface area (Å²) < 4.78 is 24.6. The Hall–Kier alpha value is -1.40. The monoisotopic (exact) mass is 312 g/mol. The van der Waals surface area contributed by atoms with Gasteiger partial charge in [0.05, 0.1) is 12.8 Å². The summed E-state index contributed by atoms with van der Waals surface area (Å²) in [6, 6.07) is 7.77. The number of aryl methyl sites for hydroxylation is 1. The van der Waals surface area contributed by atoms with Crippen LogP contribution < -0.4 is 5.32 Å². The fourth-order valence-corrected chi connectivity index (χ4v) is 2.86. The highest BCUT2D eigenvalue weighted by atomic mass is 32.2. The van der Waals surface area contributed by atoms with Crippen LogP contribution in [0.3, 0.4) is 0 Å². The minimum Gasteiger partial charge on any atom is -0.351 e. The van der Waals surface area contributed by atoms with Crippen LogP contribution in [0.2, 0.25) is 0 Å². The Balaban J connectivity index is 2.61. The van der Waals surface area contributed by atoms with Gasteiger partial charge in [-0.05, 0) is 24.0 Å². The predicted octanol–water partition coefficient (Wildman–Crippen LogP) is 1.53. The zero-order chi connectivity index (χ0) is 16.0. The summed E-state index contributed by atoms with van der Waals surface area (Å²) >= 11 is 0. The number of benzene rings is 1. The molecule has 0 aliphatic rings. The van der Waals surface area contributed by atoms with Gasteiger partial charge in [-0.1, -0.05) is 38.1 Å². The second-order valence-corrected chi connectivity index (χ2v) is 7.64. The van der Waals surface area contributed by atoms with Crippen LogP contribution in [0.5, 0.6) is 0 Å². The lowest BCUT2D eigenvalue weighted by Crippen LogP contribution is -2.41. The molecule has 21 heavy (non-hydrogen) atoms. The van der Waals surface area contributed by atoms with Crippen molar-refractivity contribution in [1.29, 1.82) is 0 Å². The number of hydrogen-bond acceptors (Lipinski definition) is 3. The number of rotatable bonds is 7. The fourth-order valence-electron chi connectivity index (χ4n) is 1.94. The highest BCUT2D eigenvalue weighted by Gasteiger charge is 2.20. The molecule has 0 unspecified atom stereocenters. The first-order valence-corrected chi connectivity index (χ1v) is 8.81. The van der Waals surface area contributed by atoms with E-state index in [2.05, 4.69) is 5.32 Å². The number of sulfonamides is 1. The van der Waals surface area contributed by atoms with E-state index >= 15 is 0 Å². The van der Waals surface area contributed by atoms with Crippen LogP contribution in [0.15, 0.2) is 24.3 Å². The number of hydrogen-bond donors (Lipinski definition) is 1. The topological polar surface area (TPSA) is 66.5 Å². The van der Waals surface area contributed by atoms with Crippen LogP contribution in [0.25, 0.3) is 0 Å². The Kier molecular flexibility index (Phi) is 6.36. The molecule has 0 saturated carbocycles. The molecule has 1 aromatic rings. The lowest BCUT2D eigenvalue weighted by Gasteiger charge is -2.21. The predicted molar refractivity (Wildman–Crippen MR) is 84.3 cm³/mol. The van der Waals surface area contributed by atoms with E-state index < -0.39 is 10.0 Å². The third-order valence-corrected chi connectivity index (χ3v) is 4.31. The number of amides is 1. The quantitative estimate of drug-likeness (QED) is 0.830. The van der Waals surface area contributed by atoms with Crippen LogP contribution in [-0.2, 0) is 21.4 Å². The minimum atomic E-state index is -3.37. The lowest BCUT2D eigenvalue weighted by molar-refractivity contribution is -0.121. The first-order chi connectivity index (χ1) is 9.70. The van der Waals surface area contributed by atoms with Crippen LogP contribution in [-0.4, -0.2) is 38.0 Å². The van der Waals surface area contributed by atoms with Crippen molar-refractivity contribution in [2.24, 2.45) is 5.92 Å². The van der Waals surface area contributed by atoms with Gasteiger partial charge in [-0.25, -0.2) is 8.42 Å². The molecule has 1 N–H and O–H groups in total. The maximum atomic E-state index is 11.9. The second kappa shape index (κ2) is 7.56. The molecule has 0 spiro atoms. The van der Waals surface area contributed by atoms with Gasteiger partial charge < -0.3 is 5.32 Å². The summed E-state index contributed by atoms with van der Waals surface area (Å²) in [5, 5.41) is 2.77. The molecule has 118 valence electrons. The van der Waals surface area contributed by atoms with Gasteiger partial charge in [0.15, 0.2) is 0 Å². The molecule has 0 saturated heterocycles. The molecule has 1 rings (SSSR count). The molecule has 5 nitrogen and oxygen atoms in total. The van der Waals surface area contributed by atoms with E-state index in [1.165, 1.54) is 4.31 Å². The van der Waals surface area contributed by atoms with Gasteiger partial charge in [0.1, 0.15) is 0 Å². The summed E-state index contributed by atoms with van der Waals surface area (Å²) in [7, 11) is -3.37. The second-order valence-electron chi connectivity index (χ2n) is 5.65. The summed E-state index contributed by atoms with van der Waals surface area (Å²) in [5.74, 6) is -0.117. The SMILES string of the molecule is Cc1ccccc1CNC(=O)CN(CC(C)C)S(C)(=O)=O. The van der Waals surface area contributed by atoms with Gasteiger partial charge in [-0.3, -0.25) is 4.79 Å². The Bertz CT molecular complexity index is 582. The van der Waals surface area contributed by atoms with Gasteiger partial charge in [-0.2, -0.15) is 4.31 Å². The van der Waals surface area contributed by atoms with E-state index in [1.54, 1.807) is 0 Å². The molecule has 0 heterocycles. The molecular formula is C15H24N2O3S. The zero-order valence-corrected chi connectivity index (χ0v) is 13.9. The number of nitrogens with one attached hydrogen (secondary N) is 1. The maximum Gasteiger partial charge on any atom is 0.235 e. The fraction of sp³-hybridized carbons (Fsp3) is 0.533. The van der Waals surface area contributed by atoms with Gasteiger partial charge in [0.25, 0.3) is 0 Å². The van der Waals surface area contributed by atoms with Gasteiger partial charge >= 0.3 is 0 Å². The summed E-state index contributed by atoms with van der Waals surface area (Å²) in [5.41, 5.74) is 2.13. The van der Waals surface area contributed by atoms with Crippen molar-refractivity contribution in [3.8, 4) is 0 Å². The standard InChI is InChI=1S/C15H24N2O3S/c1-12(2)10-17(21(4,19)20)11-15(18)16-9-14-8-6-5-7-13(14)3/h5-8,12H,9-11H2,1-4H3,(H,16,18). The molecule has 0 aliphatic carbocycles. The van der Waals surface area contributed by atoms with Crippen molar-refractivity contribution in [3.63, 3.8) is 0 Å². The molecule has 0 bridgehead atoms. The molecule has 6 heteroatoms. The summed E-state index contributed by atoms with van der Waals surface area (Å²) in [4.78, 5) is 11.9. The Labute approximate surface area is 127 Å². The van der Waals surface area contributed by atoms with Crippen molar-refractivity contribution in [2.45, 2.75) is 27.3 Å². The van der Waals surface area contributed by atoms with E-state index in [0.717, 1.165) is 17.4 Å². The Morgan fingerprint density at radius 3 is 2.43 bits per heavy atom. The third-order valence-electron chi connectivity index (χ3n) is 3.10. The van der Waals surface area contributed by atoms with E-state index in [4.69, 9.17) is 0 Å². The van der Waals surface area contributed by atoms with E-state index in [9.17, 15) is 13.2 Å². The number of carbonyl (C=O) groups excluding carboxylic acids is 1. The van der Waals surface area contributed by atoms with Gasteiger partial charge in [-0.15, -0.1) is 0 Å². The zero-order valence-electron chi connectivity index (χ0n) is 13.1. The van der Waals surface area contributed by atoms with Crippen molar-refractivity contribution in [1.82, 2.24) is 9.62 Å². The van der Waals surface area contributed by atoms with E-state index in [0.29, 0.717) is 13.1 Å². The smallest absolute Gasteiger partial charge is 0.235 e. The van der Waals surface area contributed by atoms with E-state index in [-0.39, 0.29) is 18.4 Å². The number of carbonyl (C=O) groups is 1. The van der Waals surface area contributed by atoms with Gasteiger partial charge in [0, 0.05) is 13.1 Å². The normalized spacial score (nSPS) is 11.9. The average molecular weight is 312 g/mol. The maximum absolute atomic E-state index is 11.9. The van der Waals surface area contributed by atoms with E-state index in [1.807, 2.05) is 45.0 Å². The largest absolute Gasteiger partial charge is 0.351 e. The molecule has 0 fully saturated rings. The first kappa shape index (κ1) is 17.7. The molecule has 0 aliphatic heterocycles. The minimum absolute atomic E-state index is 0.136. The molecular weight excluding hydrogens is 288 g/mol. The molecule has 0 atom stereocenters. The number of nitrogens with zero attached hydrogens (tertiary/aromatic N) is 1. The average Bonchev–Trinajstić information content (AvgIpc) is 2.35. The van der Waals surface area contributed by atoms with Crippen molar-refractivity contribution in [3.05, 3.63) is 35.4 Å². The van der Waals surface area contributed by atoms with Crippen molar-refractivity contribution in [2.75, 3.05) is 19.3 Å². The van der Waals surface area contributed by atoms with Crippen LogP contribution in [0.4, 0.5) is 0 Å². The molecule has 1 aromatic carbocycles. The van der Waals surface area contributed by atoms with Crippen LogP contribution >= 0.6 is 0 Å². The highest BCUT2D eigenvalue weighted by Crippen LogP contribution is 2.07. The molecule has 0 aromatic heterocycles. The molecule has 1 amide bonds. The van der Waals surface area contributed by atoms with Crippen LogP contribution in [0.1, 0.15) is 25.0 Å². The highest BCUT2D eigenvalue weighted by molar-refractivity contribution is 7.88. The van der Waals surface area contributed by atoms with Crippen molar-refractivity contribution < 1.29 is 13.2 Å². The summed E-state index contributed by atoms with van der Waals surface area (Å²) in [6.07, 6.45) is 1.13. The lowest BCUT2D eigenvalue weighted by atomic mass is 10.1. The Morgan fingerprint density at radius 2 is 1.90 bits per heavy atom. The Morgan fingerprint density at radius 1 is 1.29 bits per heavy atom.